The maximum atomic E-state index is 12.4. The van der Waals surface area contributed by atoms with Crippen molar-refractivity contribution in [2.24, 2.45) is 0 Å². The molecule has 5 nitrogen and oxygen atoms in total. The lowest BCUT2D eigenvalue weighted by Gasteiger charge is -2.16. The van der Waals surface area contributed by atoms with Crippen LogP contribution in [0.25, 0.3) is 0 Å². The molecule has 2 aromatic rings. The summed E-state index contributed by atoms with van der Waals surface area (Å²) >= 11 is 1.41. The molecule has 0 aliphatic heterocycles. The quantitative estimate of drug-likeness (QED) is 0.856. The molecule has 7 heteroatoms. The standard InChI is InChI=1S/C13H16N2O3S2/c1-2-11(13-14-7-8-19-13)15-20(17,18)12-6-4-3-5-10(12)9-16/h3-8,11,15-16H,2,9H2,1H3. The van der Waals surface area contributed by atoms with Crippen LogP contribution in [0, 0.1) is 0 Å². The Morgan fingerprint density at radius 2 is 2.15 bits per heavy atom. The number of thiazole rings is 1. The summed E-state index contributed by atoms with van der Waals surface area (Å²) in [5, 5.41) is 11.8. The maximum absolute atomic E-state index is 12.4. The second-order valence-electron chi connectivity index (χ2n) is 4.22. The molecular weight excluding hydrogens is 296 g/mol. The van der Waals surface area contributed by atoms with Crippen LogP contribution in [0.5, 0.6) is 0 Å². The zero-order chi connectivity index (χ0) is 14.6. The van der Waals surface area contributed by atoms with E-state index in [-0.39, 0.29) is 17.5 Å². The summed E-state index contributed by atoms with van der Waals surface area (Å²) in [6.45, 7) is 1.58. The molecule has 1 unspecified atom stereocenters. The number of nitrogens with zero attached hydrogens (tertiary/aromatic N) is 1. The van der Waals surface area contributed by atoms with Gasteiger partial charge in [0.1, 0.15) is 5.01 Å². The topological polar surface area (TPSA) is 79.3 Å². The van der Waals surface area contributed by atoms with Gasteiger partial charge in [-0.2, -0.15) is 0 Å². The van der Waals surface area contributed by atoms with E-state index in [0.29, 0.717) is 12.0 Å². The Hall–Kier alpha value is -1.28. The van der Waals surface area contributed by atoms with Crippen LogP contribution >= 0.6 is 11.3 Å². The highest BCUT2D eigenvalue weighted by atomic mass is 32.2. The lowest BCUT2D eigenvalue weighted by Crippen LogP contribution is -2.29. The molecule has 0 radical (unpaired) electrons. The number of hydrogen-bond donors (Lipinski definition) is 2. The number of nitrogens with one attached hydrogen (secondary N) is 1. The van der Waals surface area contributed by atoms with Crippen LogP contribution in [0.2, 0.25) is 0 Å². The van der Waals surface area contributed by atoms with E-state index in [9.17, 15) is 13.5 Å². The first-order valence-corrected chi connectivity index (χ1v) is 8.55. The van der Waals surface area contributed by atoms with Gasteiger partial charge in [-0.05, 0) is 18.1 Å². The SMILES string of the molecule is CCC(NS(=O)(=O)c1ccccc1CO)c1nccs1. The summed E-state index contributed by atoms with van der Waals surface area (Å²) in [5.74, 6) is 0. The monoisotopic (exact) mass is 312 g/mol. The van der Waals surface area contributed by atoms with E-state index in [1.54, 1.807) is 24.4 Å². The molecule has 0 aliphatic rings. The molecular formula is C13H16N2O3S2. The van der Waals surface area contributed by atoms with Gasteiger partial charge >= 0.3 is 0 Å². The molecule has 108 valence electrons. The average Bonchev–Trinajstić information content (AvgIpc) is 2.98. The summed E-state index contributed by atoms with van der Waals surface area (Å²) < 4.78 is 27.5. The second kappa shape index (κ2) is 6.45. The molecule has 20 heavy (non-hydrogen) atoms. The van der Waals surface area contributed by atoms with Crippen LogP contribution in [-0.2, 0) is 16.6 Å². The summed E-state index contributed by atoms with van der Waals surface area (Å²) in [5.41, 5.74) is 0.383. The van der Waals surface area contributed by atoms with Gasteiger partial charge in [-0.15, -0.1) is 11.3 Å². The molecule has 1 aromatic heterocycles. The normalized spacial score (nSPS) is 13.3. The van der Waals surface area contributed by atoms with E-state index < -0.39 is 10.0 Å². The summed E-state index contributed by atoms with van der Waals surface area (Å²) in [4.78, 5) is 4.26. The number of hydrogen-bond acceptors (Lipinski definition) is 5. The Labute approximate surface area is 122 Å². The minimum absolute atomic E-state index is 0.109. The predicted molar refractivity (Wildman–Crippen MR) is 77.8 cm³/mol. The van der Waals surface area contributed by atoms with Gasteiger partial charge in [-0.25, -0.2) is 18.1 Å². The summed E-state index contributed by atoms with van der Waals surface area (Å²) in [6, 6.07) is 6.06. The van der Waals surface area contributed by atoms with Crippen LogP contribution in [0.1, 0.15) is 30.0 Å². The smallest absolute Gasteiger partial charge is 0.241 e. The molecule has 1 heterocycles. The van der Waals surface area contributed by atoms with E-state index in [4.69, 9.17) is 0 Å². The van der Waals surface area contributed by atoms with E-state index >= 15 is 0 Å². The van der Waals surface area contributed by atoms with E-state index in [0.717, 1.165) is 5.01 Å². The van der Waals surface area contributed by atoms with Gasteiger partial charge in [0.2, 0.25) is 10.0 Å². The van der Waals surface area contributed by atoms with Crippen molar-refractivity contribution in [1.82, 2.24) is 9.71 Å². The van der Waals surface area contributed by atoms with Gasteiger partial charge in [-0.3, -0.25) is 0 Å². The molecule has 0 saturated carbocycles. The fourth-order valence-electron chi connectivity index (χ4n) is 1.86. The molecule has 1 atom stereocenters. The second-order valence-corrected chi connectivity index (χ2v) is 6.83. The van der Waals surface area contributed by atoms with E-state index in [1.165, 1.54) is 17.4 Å². The van der Waals surface area contributed by atoms with Crippen LogP contribution in [-0.4, -0.2) is 18.5 Å². The Balaban J connectivity index is 2.31. The highest BCUT2D eigenvalue weighted by Gasteiger charge is 2.23. The summed E-state index contributed by atoms with van der Waals surface area (Å²) in [7, 11) is -3.68. The Morgan fingerprint density at radius 3 is 2.75 bits per heavy atom. The molecule has 2 N–H and O–H groups in total. The number of rotatable bonds is 6. The third kappa shape index (κ3) is 3.24. The van der Waals surface area contributed by atoms with Crippen molar-refractivity contribution in [2.75, 3.05) is 0 Å². The van der Waals surface area contributed by atoms with Crippen molar-refractivity contribution in [1.29, 1.82) is 0 Å². The number of aromatic nitrogens is 1. The van der Waals surface area contributed by atoms with Crippen molar-refractivity contribution in [2.45, 2.75) is 30.9 Å². The molecule has 0 aliphatic carbocycles. The third-order valence-electron chi connectivity index (χ3n) is 2.89. The lowest BCUT2D eigenvalue weighted by molar-refractivity contribution is 0.278. The van der Waals surface area contributed by atoms with E-state index in [2.05, 4.69) is 9.71 Å². The van der Waals surface area contributed by atoms with Crippen LogP contribution < -0.4 is 4.72 Å². The molecule has 0 saturated heterocycles. The van der Waals surface area contributed by atoms with Crippen LogP contribution in [0.3, 0.4) is 0 Å². The van der Waals surface area contributed by atoms with Gasteiger partial charge in [0.05, 0.1) is 17.5 Å². The van der Waals surface area contributed by atoms with Crippen molar-refractivity contribution in [3.05, 3.63) is 46.4 Å². The Morgan fingerprint density at radius 1 is 1.40 bits per heavy atom. The highest BCUT2D eigenvalue weighted by molar-refractivity contribution is 7.89. The minimum Gasteiger partial charge on any atom is -0.392 e. The maximum Gasteiger partial charge on any atom is 0.241 e. The molecule has 0 amide bonds. The first-order valence-electron chi connectivity index (χ1n) is 6.19. The lowest BCUT2D eigenvalue weighted by atomic mass is 10.2. The Kier molecular flexibility index (Phi) is 4.87. The molecule has 1 aromatic carbocycles. The number of benzene rings is 1. The van der Waals surface area contributed by atoms with Gasteiger partial charge in [0.15, 0.2) is 0 Å². The van der Waals surface area contributed by atoms with Crippen molar-refractivity contribution in [3.8, 4) is 0 Å². The largest absolute Gasteiger partial charge is 0.392 e. The van der Waals surface area contributed by atoms with Gasteiger partial charge < -0.3 is 5.11 Å². The van der Waals surface area contributed by atoms with E-state index in [1.807, 2.05) is 12.3 Å². The first kappa shape index (κ1) is 15.1. The molecule has 0 spiro atoms. The van der Waals surface area contributed by atoms with Crippen molar-refractivity contribution >= 4 is 21.4 Å². The van der Waals surface area contributed by atoms with Crippen LogP contribution in [0.4, 0.5) is 0 Å². The fourth-order valence-corrected chi connectivity index (χ4v) is 4.22. The Bertz CT molecular complexity index is 654. The third-order valence-corrected chi connectivity index (χ3v) is 5.35. The molecule has 2 rings (SSSR count). The highest BCUT2D eigenvalue weighted by Crippen LogP contribution is 2.23. The number of aliphatic hydroxyl groups excluding tert-OH is 1. The minimum atomic E-state index is -3.68. The summed E-state index contributed by atoms with van der Waals surface area (Å²) in [6.07, 6.45) is 2.26. The average molecular weight is 312 g/mol. The first-order chi connectivity index (χ1) is 9.58. The molecule has 0 bridgehead atoms. The van der Waals surface area contributed by atoms with Gasteiger partial charge in [-0.1, -0.05) is 25.1 Å². The number of aliphatic hydroxyl groups is 1. The zero-order valence-corrected chi connectivity index (χ0v) is 12.6. The fraction of sp³-hybridized carbons (Fsp3) is 0.308. The number of sulfonamides is 1. The molecule has 0 fully saturated rings. The van der Waals surface area contributed by atoms with Crippen molar-refractivity contribution < 1.29 is 13.5 Å². The van der Waals surface area contributed by atoms with Gasteiger partial charge in [0.25, 0.3) is 0 Å². The predicted octanol–water partition coefficient (Wildman–Crippen LogP) is 2.07. The van der Waals surface area contributed by atoms with Crippen LogP contribution in [0.15, 0.2) is 40.7 Å². The van der Waals surface area contributed by atoms with Gasteiger partial charge in [0, 0.05) is 11.6 Å². The van der Waals surface area contributed by atoms with Crippen molar-refractivity contribution in [3.63, 3.8) is 0 Å². The zero-order valence-electron chi connectivity index (χ0n) is 11.0.